The van der Waals surface area contributed by atoms with Crippen molar-refractivity contribution in [3.63, 3.8) is 0 Å². The highest BCUT2D eigenvalue weighted by Gasteiger charge is 2.40. The number of hydrogen-bond donors (Lipinski definition) is 0. The van der Waals surface area contributed by atoms with Crippen molar-refractivity contribution in [1.82, 2.24) is 4.42 Å². The van der Waals surface area contributed by atoms with Gasteiger partial charge in [-0.1, -0.05) is 6.42 Å². The van der Waals surface area contributed by atoms with Crippen molar-refractivity contribution in [3.05, 3.63) is 0 Å². The molecule has 3 unspecified atom stereocenters. The van der Waals surface area contributed by atoms with Gasteiger partial charge in [-0.05, 0) is 48.6 Å². The molecule has 3 atom stereocenters. The van der Waals surface area contributed by atoms with Crippen molar-refractivity contribution < 1.29 is 4.79 Å². The van der Waals surface area contributed by atoms with Crippen LogP contribution in [-0.4, -0.2) is 16.3 Å². The molecule has 2 fully saturated rings. The van der Waals surface area contributed by atoms with Gasteiger partial charge in [0.25, 0.3) is 0 Å². The predicted molar refractivity (Wildman–Crippen MR) is 52.7 cm³/mol. The lowest BCUT2D eigenvalue weighted by molar-refractivity contribution is 0.230. The molecule has 2 aliphatic carbocycles. The fraction of sp³-hybridized carbons (Fsp3) is 0.889. The molecule has 0 spiro atoms. The van der Waals surface area contributed by atoms with Gasteiger partial charge in [0, 0.05) is 18.3 Å². The zero-order chi connectivity index (χ0) is 9.42. The van der Waals surface area contributed by atoms with E-state index in [1.807, 2.05) is 0 Å². The lowest BCUT2D eigenvalue weighted by Crippen LogP contribution is -2.26. The van der Waals surface area contributed by atoms with Gasteiger partial charge in [0.1, 0.15) is 0 Å². The molecule has 2 aliphatic rings. The normalized spacial score (nSPS) is 36.6. The first-order chi connectivity index (χ1) is 6.16. The van der Waals surface area contributed by atoms with Crippen LogP contribution in [0.25, 0.3) is 0 Å². The minimum absolute atomic E-state index is 0.551. The van der Waals surface area contributed by atoms with Gasteiger partial charge in [0.05, 0.1) is 0 Å². The summed E-state index contributed by atoms with van der Waals surface area (Å²) in [7, 11) is 0. The minimum atomic E-state index is -0.551. The Morgan fingerprint density at radius 1 is 1.38 bits per heavy atom. The number of amides is 1. The van der Waals surface area contributed by atoms with Gasteiger partial charge in [0.15, 0.2) is 0 Å². The first-order valence-corrected chi connectivity index (χ1v) is 5.51. The number of halogens is 2. The lowest BCUT2D eigenvalue weighted by atomic mass is 9.89. The molecule has 1 amide bonds. The molecule has 0 aromatic rings. The van der Waals surface area contributed by atoms with E-state index in [2.05, 4.69) is 0 Å². The fourth-order valence-corrected chi connectivity index (χ4v) is 3.12. The van der Waals surface area contributed by atoms with Crippen molar-refractivity contribution in [3.8, 4) is 0 Å². The maximum absolute atomic E-state index is 10.7. The second-order valence-corrected chi connectivity index (χ2v) is 4.96. The third kappa shape index (κ3) is 1.94. The van der Waals surface area contributed by atoms with E-state index in [1.165, 1.54) is 25.7 Å². The summed E-state index contributed by atoms with van der Waals surface area (Å²) in [6, 6.07) is 0. The standard InChI is InChI=1S/C9H13Cl2NO/c10-9(13)12(11)5-8-4-6-1-2-7(8)3-6/h6-8H,1-5H2. The monoisotopic (exact) mass is 221 g/mol. The second kappa shape index (κ2) is 3.66. The van der Waals surface area contributed by atoms with Crippen molar-refractivity contribution in [1.29, 1.82) is 0 Å². The predicted octanol–water partition coefficient (Wildman–Crippen LogP) is 3.24. The van der Waals surface area contributed by atoms with Crippen LogP contribution >= 0.6 is 23.4 Å². The van der Waals surface area contributed by atoms with Gasteiger partial charge in [0.2, 0.25) is 0 Å². The van der Waals surface area contributed by atoms with Gasteiger partial charge in [-0.3, -0.25) is 4.79 Å². The van der Waals surface area contributed by atoms with Crippen LogP contribution in [0.2, 0.25) is 0 Å². The number of fused-ring (bicyclic) bond motifs is 2. The summed E-state index contributed by atoms with van der Waals surface area (Å²) in [5.74, 6) is 2.28. The molecule has 0 aliphatic heterocycles. The minimum Gasteiger partial charge on any atom is -0.254 e. The topological polar surface area (TPSA) is 20.3 Å². The summed E-state index contributed by atoms with van der Waals surface area (Å²) in [5.41, 5.74) is 0. The smallest absolute Gasteiger partial charge is 0.254 e. The molecule has 2 rings (SSSR count). The molecule has 2 nitrogen and oxygen atoms in total. The third-order valence-corrected chi connectivity index (χ3v) is 4.05. The van der Waals surface area contributed by atoms with E-state index in [0.717, 1.165) is 16.3 Å². The van der Waals surface area contributed by atoms with Crippen LogP contribution < -0.4 is 0 Å². The van der Waals surface area contributed by atoms with Gasteiger partial charge in [-0.15, -0.1) is 0 Å². The summed E-state index contributed by atoms with van der Waals surface area (Å²) in [6.07, 6.45) is 5.26. The van der Waals surface area contributed by atoms with Crippen molar-refractivity contribution >= 4 is 28.7 Å². The van der Waals surface area contributed by atoms with Crippen molar-refractivity contribution in [2.75, 3.05) is 6.54 Å². The van der Waals surface area contributed by atoms with Gasteiger partial charge < -0.3 is 0 Å². The van der Waals surface area contributed by atoms with Crippen LogP contribution in [0.15, 0.2) is 0 Å². The number of carbonyl (C=O) groups is 1. The molecule has 2 saturated carbocycles. The zero-order valence-electron chi connectivity index (χ0n) is 7.38. The summed E-state index contributed by atoms with van der Waals surface area (Å²) in [5, 5.41) is -0.551. The molecule has 0 N–H and O–H groups in total. The number of rotatable bonds is 2. The van der Waals surface area contributed by atoms with Crippen LogP contribution in [0.4, 0.5) is 4.79 Å². The van der Waals surface area contributed by atoms with Crippen LogP contribution in [0.3, 0.4) is 0 Å². The molecule has 13 heavy (non-hydrogen) atoms. The van der Waals surface area contributed by atoms with Crippen LogP contribution in [0, 0.1) is 17.8 Å². The average Bonchev–Trinajstić information content (AvgIpc) is 2.64. The summed E-state index contributed by atoms with van der Waals surface area (Å²) in [4.78, 5) is 10.7. The number of carbonyl (C=O) groups excluding carboxylic acids is 1. The molecular weight excluding hydrogens is 209 g/mol. The van der Waals surface area contributed by atoms with Crippen LogP contribution in [-0.2, 0) is 0 Å². The van der Waals surface area contributed by atoms with Gasteiger partial charge in [-0.25, -0.2) is 4.42 Å². The molecule has 0 aromatic heterocycles. The van der Waals surface area contributed by atoms with E-state index >= 15 is 0 Å². The molecule has 4 heteroatoms. The maximum atomic E-state index is 10.7. The molecule has 0 saturated heterocycles. The van der Waals surface area contributed by atoms with E-state index in [9.17, 15) is 4.79 Å². The quantitative estimate of drug-likeness (QED) is 0.399. The Bertz CT molecular complexity index is 222. The zero-order valence-corrected chi connectivity index (χ0v) is 8.89. The molecule has 74 valence electrons. The Morgan fingerprint density at radius 2 is 2.15 bits per heavy atom. The SMILES string of the molecule is O=C(Cl)N(Cl)CC1CC2CCC1C2. The van der Waals surface area contributed by atoms with E-state index in [-0.39, 0.29) is 0 Å². The molecule has 2 bridgehead atoms. The molecule has 0 radical (unpaired) electrons. The Balaban J connectivity index is 1.86. The van der Waals surface area contributed by atoms with Crippen molar-refractivity contribution in [2.24, 2.45) is 17.8 Å². The van der Waals surface area contributed by atoms with Gasteiger partial charge >= 0.3 is 5.37 Å². The largest absolute Gasteiger partial charge is 0.330 e. The van der Waals surface area contributed by atoms with Gasteiger partial charge in [-0.2, -0.15) is 0 Å². The first kappa shape index (κ1) is 9.60. The highest BCUT2D eigenvalue weighted by Crippen LogP contribution is 2.48. The summed E-state index contributed by atoms with van der Waals surface area (Å²) >= 11 is 10.9. The highest BCUT2D eigenvalue weighted by molar-refractivity contribution is 6.65. The van der Waals surface area contributed by atoms with E-state index < -0.39 is 5.37 Å². The Kier molecular flexibility index (Phi) is 2.70. The first-order valence-electron chi connectivity index (χ1n) is 4.79. The van der Waals surface area contributed by atoms with Crippen molar-refractivity contribution in [2.45, 2.75) is 25.7 Å². The van der Waals surface area contributed by atoms with E-state index in [4.69, 9.17) is 23.4 Å². The summed E-state index contributed by atoms with van der Waals surface area (Å²) in [6.45, 7) is 0.630. The molecule has 0 aromatic carbocycles. The second-order valence-electron chi connectivity index (χ2n) is 4.23. The Morgan fingerprint density at radius 3 is 2.62 bits per heavy atom. The number of hydrogen-bond acceptors (Lipinski definition) is 1. The van der Waals surface area contributed by atoms with Crippen LogP contribution in [0.5, 0.6) is 0 Å². The summed E-state index contributed by atoms with van der Waals surface area (Å²) < 4.78 is 1.12. The Hall–Kier alpha value is 0.0500. The van der Waals surface area contributed by atoms with Crippen LogP contribution in [0.1, 0.15) is 25.7 Å². The maximum Gasteiger partial charge on any atom is 0.330 e. The highest BCUT2D eigenvalue weighted by atomic mass is 35.5. The fourth-order valence-electron chi connectivity index (χ4n) is 2.88. The molecular formula is C9H13Cl2NO. The molecule has 0 heterocycles. The average molecular weight is 222 g/mol. The van der Waals surface area contributed by atoms with E-state index in [0.29, 0.717) is 12.5 Å². The third-order valence-electron chi connectivity index (χ3n) is 3.47. The lowest BCUT2D eigenvalue weighted by Gasteiger charge is -2.23. The van der Waals surface area contributed by atoms with E-state index in [1.54, 1.807) is 0 Å². The number of nitrogens with zero attached hydrogens (tertiary/aromatic N) is 1. The Labute approximate surface area is 88.3 Å².